The molecule has 1 aromatic rings. The summed E-state index contributed by atoms with van der Waals surface area (Å²) >= 11 is 0. The normalized spacial score (nSPS) is 20.5. The van der Waals surface area contributed by atoms with Crippen LogP contribution in [0.1, 0.15) is 38.2 Å². The smallest absolute Gasteiger partial charge is 0.122 e. The molecule has 1 atom stereocenters. The summed E-state index contributed by atoms with van der Waals surface area (Å²) in [6.45, 7) is 4.59. The highest BCUT2D eigenvalue weighted by molar-refractivity contribution is 5.95. The molecule has 0 radical (unpaired) electrons. The van der Waals surface area contributed by atoms with Gasteiger partial charge in [0.25, 0.3) is 0 Å². The zero-order chi connectivity index (χ0) is 13.0. The van der Waals surface area contributed by atoms with Gasteiger partial charge >= 0.3 is 0 Å². The minimum absolute atomic E-state index is 0.142. The van der Waals surface area contributed by atoms with Gasteiger partial charge in [-0.3, -0.25) is 5.41 Å². The van der Waals surface area contributed by atoms with Crippen LogP contribution in [0.5, 0.6) is 0 Å². The summed E-state index contributed by atoms with van der Waals surface area (Å²) in [5.41, 5.74) is 7.54. The van der Waals surface area contributed by atoms with Gasteiger partial charge in [-0.25, -0.2) is 0 Å². The van der Waals surface area contributed by atoms with E-state index in [0.29, 0.717) is 0 Å². The molecule has 1 heterocycles. The summed E-state index contributed by atoms with van der Waals surface area (Å²) in [5, 5.41) is 7.40. The Morgan fingerprint density at radius 2 is 2.00 bits per heavy atom. The fourth-order valence-electron chi connectivity index (χ4n) is 2.68. The molecule has 2 rings (SSSR count). The van der Waals surface area contributed by atoms with Crippen LogP contribution in [0, 0.1) is 11.3 Å². The molecule has 1 saturated heterocycles. The number of hydrogen-bond acceptors (Lipinski definition) is 2. The van der Waals surface area contributed by atoms with E-state index in [1.54, 1.807) is 0 Å². The van der Waals surface area contributed by atoms with Crippen molar-refractivity contribution < 1.29 is 0 Å². The predicted octanol–water partition coefficient (Wildman–Crippen LogP) is 2.99. The number of nitrogens with two attached hydrogens (primary N) is 1. The first-order chi connectivity index (χ1) is 8.70. The second kappa shape index (κ2) is 5.89. The first-order valence-corrected chi connectivity index (χ1v) is 6.90. The number of rotatable bonds is 3. The zero-order valence-electron chi connectivity index (χ0n) is 11.2. The minimum Gasteiger partial charge on any atom is -0.384 e. The third kappa shape index (κ3) is 3.03. The van der Waals surface area contributed by atoms with Crippen LogP contribution in [0.2, 0.25) is 0 Å². The van der Waals surface area contributed by atoms with Gasteiger partial charge in [0.15, 0.2) is 0 Å². The molecule has 3 N–H and O–H groups in total. The first kappa shape index (κ1) is 12.9. The molecule has 0 aromatic heterocycles. The molecule has 1 aliphatic heterocycles. The Kier molecular flexibility index (Phi) is 4.24. The van der Waals surface area contributed by atoms with Crippen LogP contribution >= 0.6 is 0 Å². The quantitative estimate of drug-likeness (QED) is 0.635. The van der Waals surface area contributed by atoms with Gasteiger partial charge in [0.05, 0.1) is 0 Å². The van der Waals surface area contributed by atoms with E-state index in [1.807, 2.05) is 12.1 Å². The SMILES string of the molecule is CCC1CCCN(c2ccc(C(=N)N)cc2)CC1. The third-order valence-corrected chi connectivity index (χ3v) is 3.97. The van der Waals surface area contributed by atoms with Crippen LogP contribution in [0.3, 0.4) is 0 Å². The van der Waals surface area contributed by atoms with Gasteiger partial charge in [0.2, 0.25) is 0 Å². The van der Waals surface area contributed by atoms with Gasteiger partial charge in [-0.05, 0) is 49.4 Å². The Hall–Kier alpha value is -1.51. The molecule has 0 spiro atoms. The fourth-order valence-corrected chi connectivity index (χ4v) is 2.68. The molecule has 3 heteroatoms. The molecule has 1 aromatic carbocycles. The maximum absolute atomic E-state index is 7.40. The van der Waals surface area contributed by atoms with Crippen LogP contribution in [-0.2, 0) is 0 Å². The summed E-state index contributed by atoms with van der Waals surface area (Å²) < 4.78 is 0. The van der Waals surface area contributed by atoms with Gasteiger partial charge in [-0.15, -0.1) is 0 Å². The maximum atomic E-state index is 7.40. The van der Waals surface area contributed by atoms with E-state index < -0.39 is 0 Å². The zero-order valence-corrected chi connectivity index (χ0v) is 11.2. The van der Waals surface area contributed by atoms with E-state index in [2.05, 4.69) is 24.0 Å². The Labute approximate surface area is 109 Å². The van der Waals surface area contributed by atoms with Crippen molar-refractivity contribution in [1.29, 1.82) is 5.41 Å². The molecule has 0 aliphatic carbocycles. The van der Waals surface area contributed by atoms with Gasteiger partial charge in [-0.1, -0.05) is 13.3 Å². The summed E-state index contributed by atoms with van der Waals surface area (Å²) in [5.74, 6) is 1.04. The lowest BCUT2D eigenvalue weighted by molar-refractivity contribution is 0.459. The average Bonchev–Trinajstić information content (AvgIpc) is 2.64. The van der Waals surface area contributed by atoms with Crippen LogP contribution in [0.15, 0.2) is 24.3 Å². The Bertz CT molecular complexity index is 397. The molecule has 0 saturated carbocycles. The summed E-state index contributed by atoms with van der Waals surface area (Å²) in [6, 6.07) is 8.06. The van der Waals surface area contributed by atoms with Crippen molar-refractivity contribution in [3.8, 4) is 0 Å². The lowest BCUT2D eigenvalue weighted by Crippen LogP contribution is -2.24. The lowest BCUT2D eigenvalue weighted by atomic mass is 9.98. The van der Waals surface area contributed by atoms with Crippen LogP contribution in [0.25, 0.3) is 0 Å². The minimum atomic E-state index is 0.142. The molecule has 0 amide bonds. The van der Waals surface area contributed by atoms with Crippen molar-refractivity contribution in [1.82, 2.24) is 0 Å². The van der Waals surface area contributed by atoms with Gasteiger partial charge in [-0.2, -0.15) is 0 Å². The van der Waals surface area contributed by atoms with E-state index >= 15 is 0 Å². The number of nitrogens with zero attached hydrogens (tertiary/aromatic N) is 1. The largest absolute Gasteiger partial charge is 0.384 e. The Balaban J connectivity index is 2.04. The van der Waals surface area contributed by atoms with E-state index in [0.717, 1.165) is 24.6 Å². The van der Waals surface area contributed by atoms with Crippen molar-refractivity contribution in [3.05, 3.63) is 29.8 Å². The van der Waals surface area contributed by atoms with Crippen LogP contribution < -0.4 is 10.6 Å². The highest BCUT2D eigenvalue weighted by Gasteiger charge is 2.15. The molecule has 3 nitrogen and oxygen atoms in total. The Morgan fingerprint density at radius 1 is 1.28 bits per heavy atom. The van der Waals surface area contributed by atoms with Crippen molar-refractivity contribution in [2.75, 3.05) is 18.0 Å². The molecule has 0 bridgehead atoms. The molecule has 1 aliphatic rings. The van der Waals surface area contributed by atoms with Crippen LogP contribution in [-0.4, -0.2) is 18.9 Å². The summed E-state index contributed by atoms with van der Waals surface area (Å²) in [4.78, 5) is 2.46. The predicted molar refractivity (Wildman–Crippen MR) is 77.3 cm³/mol. The lowest BCUT2D eigenvalue weighted by Gasteiger charge is -2.23. The first-order valence-electron chi connectivity index (χ1n) is 6.90. The van der Waals surface area contributed by atoms with E-state index in [4.69, 9.17) is 11.1 Å². The maximum Gasteiger partial charge on any atom is 0.122 e. The molecular formula is C15H23N3. The molecule has 18 heavy (non-hydrogen) atoms. The third-order valence-electron chi connectivity index (χ3n) is 3.97. The highest BCUT2D eigenvalue weighted by Crippen LogP contribution is 2.24. The topological polar surface area (TPSA) is 53.1 Å². The van der Waals surface area contributed by atoms with Crippen molar-refractivity contribution in [2.45, 2.75) is 32.6 Å². The number of benzene rings is 1. The van der Waals surface area contributed by atoms with E-state index in [-0.39, 0.29) is 5.84 Å². The summed E-state index contributed by atoms with van der Waals surface area (Å²) in [6.07, 6.45) is 5.24. The average molecular weight is 245 g/mol. The monoisotopic (exact) mass is 245 g/mol. The van der Waals surface area contributed by atoms with Crippen molar-refractivity contribution >= 4 is 11.5 Å². The standard InChI is InChI=1S/C15H23N3/c1-2-12-4-3-10-18(11-9-12)14-7-5-13(6-8-14)15(16)17/h5-8,12H,2-4,9-11H2,1H3,(H3,16,17). The number of amidine groups is 1. The molecule has 98 valence electrons. The van der Waals surface area contributed by atoms with E-state index in [1.165, 1.54) is 31.4 Å². The van der Waals surface area contributed by atoms with E-state index in [9.17, 15) is 0 Å². The number of hydrogen-bond donors (Lipinski definition) is 2. The number of nitrogens with one attached hydrogen (secondary N) is 1. The van der Waals surface area contributed by atoms with Crippen molar-refractivity contribution in [3.63, 3.8) is 0 Å². The number of nitrogen functional groups attached to an aromatic ring is 1. The number of anilines is 1. The molecular weight excluding hydrogens is 222 g/mol. The molecule has 1 fully saturated rings. The summed E-state index contributed by atoms with van der Waals surface area (Å²) in [7, 11) is 0. The second-order valence-corrected chi connectivity index (χ2v) is 5.15. The Morgan fingerprint density at radius 3 is 2.61 bits per heavy atom. The highest BCUT2D eigenvalue weighted by atomic mass is 15.1. The molecule has 1 unspecified atom stereocenters. The van der Waals surface area contributed by atoms with Crippen LogP contribution in [0.4, 0.5) is 5.69 Å². The fraction of sp³-hybridized carbons (Fsp3) is 0.533. The van der Waals surface area contributed by atoms with Gasteiger partial charge in [0, 0.05) is 24.3 Å². The van der Waals surface area contributed by atoms with Gasteiger partial charge < -0.3 is 10.6 Å². The van der Waals surface area contributed by atoms with Gasteiger partial charge in [0.1, 0.15) is 5.84 Å². The second-order valence-electron chi connectivity index (χ2n) is 5.15. The van der Waals surface area contributed by atoms with Crippen molar-refractivity contribution in [2.24, 2.45) is 11.7 Å².